The Kier molecular flexibility index (Phi) is 3.79. The molecule has 0 saturated carbocycles. The lowest BCUT2D eigenvalue weighted by Gasteiger charge is -2.35. The van der Waals surface area contributed by atoms with Gasteiger partial charge in [-0.15, -0.1) is 11.3 Å². The van der Waals surface area contributed by atoms with Gasteiger partial charge in [-0.25, -0.2) is 22.0 Å². The van der Waals surface area contributed by atoms with Gasteiger partial charge >= 0.3 is 0 Å². The van der Waals surface area contributed by atoms with E-state index in [0.29, 0.717) is 25.1 Å². The molecule has 1 aliphatic heterocycles. The van der Waals surface area contributed by atoms with Crippen molar-refractivity contribution < 1.29 is 16.8 Å². The minimum absolute atomic E-state index is 0.0901. The van der Waals surface area contributed by atoms with Crippen LogP contribution < -0.4 is 5.14 Å². The Morgan fingerprint density at radius 3 is 2.35 bits per heavy atom. The summed E-state index contributed by atoms with van der Waals surface area (Å²) in [7, 11) is -7.44. The Balaban J connectivity index is 2.57. The first kappa shape index (κ1) is 15.9. The van der Waals surface area contributed by atoms with Crippen molar-refractivity contribution in [3.05, 3.63) is 11.6 Å². The molecule has 1 aromatic heterocycles. The molecule has 0 saturated heterocycles. The Morgan fingerprint density at radius 2 is 1.95 bits per heavy atom. The van der Waals surface area contributed by atoms with Crippen LogP contribution in [0.15, 0.2) is 14.5 Å². The predicted molar refractivity (Wildman–Crippen MR) is 77.9 cm³/mol. The molecule has 0 bridgehead atoms. The van der Waals surface area contributed by atoms with Gasteiger partial charge in [-0.3, -0.25) is 4.90 Å². The molecule has 0 aliphatic carbocycles. The normalized spacial score (nSPS) is 25.1. The molecule has 2 N–H and O–H groups in total. The van der Waals surface area contributed by atoms with Gasteiger partial charge in [0.15, 0.2) is 0 Å². The van der Waals surface area contributed by atoms with Crippen LogP contribution in [-0.4, -0.2) is 39.7 Å². The van der Waals surface area contributed by atoms with Crippen LogP contribution in [0.2, 0.25) is 0 Å². The van der Waals surface area contributed by atoms with Crippen molar-refractivity contribution in [2.24, 2.45) is 5.14 Å². The number of nitrogens with two attached hydrogens (primary N) is 1. The van der Waals surface area contributed by atoms with Crippen LogP contribution in [0.25, 0.3) is 0 Å². The predicted octanol–water partition coefficient (Wildman–Crippen LogP) is 0.783. The first-order valence-electron chi connectivity index (χ1n) is 6.23. The molecule has 2 heterocycles. The molecule has 0 spiro atoms. The minimum Gasteiger partial charge on any atom is -0.285 e. The molecule has 9 heteroatoms. The summed E-state index contributed by atoms with van der Waals surface area (Å²) < 4.78 is 48.2. The molecule has 0 aromatic carbocycles. The third-order valence-corrected chi connectivity index (χ3v) is 9.41. The highest BCUT2D eigenvalue weighted by atomic mass is 32.3. The Bertz CT molecular complexity index is 732. The SMILES string of the molecule is CCN(CC)C1(C)Cc2cc(S(N)(=O)=O)sc2S1(=O)=O. The quantitative estimate of drug-likeness (QED) is 0.875. The molecule has 20 heavy (non-hydrogen) atoms. The van der Waals surface area contributed by atoms with E-state index in [1.807, 2.05) is 18.7 Å². The van der Waals surface area contributed by atoms with E-state index in [0.717, 1.165) is 11.3 Å². The van der Waals surface area contributed by atoms with Crippen molar-refractivity contribution in [3.63, 3.8) is 0 Å². The first-order chi connectivity index (χ1) is 9.07. The smallest absolute Gasteiger partial charge is 0.247 e. The number of primary sulfonamides is 1. The molecule has 1 atom stereocenters. The lowest BCUT2D eigenvalue weighted by atomic mass is 10.1. The number of rotatable bonds is 4. The second-order valence-corrected chi connectivity index (χ2v) is 10.3. The minimum atomic E-state index is -3.86. The molecular formula is C11H18N2O4S3. The van der Waals surface area contributed by atoms with Crippen LogP contribution in [0, 0.1) is 0 Å². The number of fused-ring (bicyclic) bond motifs is 1. The first-order valence-corrected chi connectivity index (χ1v) is 10.1. The standard InChI is InChI=1S/C11H18N2O4S3/c1-4-13(5-2)11(3)7-8-6-9(20(12,16)17)18-10(8)19(11,14)15/h6H,4-5,7H2,1-3H3,(H2,12,16,17). The number of nitrogens with zero attached hydrogens (tertiary/aromatic N) is 1. The lowest BCUT2D eigenvalue weighted by molar-refractivity contribution is 0.193. The highest BCUT2D eigenvalue weighted by Crippen LogP contribution is 2.46. The fourth-order valence-electron chi connectivity index (χ4n) is 2.70. The Hall–Kier alpha value is -0.480. The van der Waals surface area contributed by atoms with Crippen LogP contribution in [0.5, 0.6) is 0 Å². The van der Waals surface area contributed by atoms with Gasteiger partial charge in [-0.1, -0.05) is 13.8 Å². The van der Waals surface area contributed by atoms with Crippen molar-refractivity contribution in [1.82, 2.24) is 4.90 Å². The summed E-state index contributed by atoms with van der Waals surface area (Å²) >= 11 is 0.749. The van der Waals surface area contributed by atoms with Crippen molar-refractivity contribution in [1.29, 1.82) is 0 Å². The summed E-state index contributed by atoms with van der Waals surface area (Å²) in [4.78, 5) is 0.875. The van der Waals surface area contributed by atoms with E-state index >= 15 is 0 Å². The molecule has 0 amide bonds. The zero-order chi connectivity index (χ0) is 15.3. The fourth-order valence-corrected chi connectivity index (χ4v) is 7.59. The van der Waals surface area contributed by atoms with Crippen molar-refractivity contribution in [2.75, 3.05) is 13.1 Å². The van der Waals surface area contributed by atoms with Gasteiger partial charge in [0.25, 0.3) is 0 Å². The summed E-state index contributed by atoms with van der Waals surface area (Å²) in [6, 6.07) is 1.39. The van der Waals surface area contributed by atoms with Gasteiger partial charge in [0.05, 0.1) is 0 Å². The van der Waals surface area contributed by atoms with Crippen LogP contribution in [0.4, 0.5) is 0 Å². The molecule has 2 rings (SSSR count). The molecule has 1 aliphatic rings. The van der Waals surface area contributed by atoms with Crippen LogP contribution in [-0.2, 0) is 26.3 Å². The summed E-state index contributed by atoms with van der Waals surface area (Å²) in [5, 5.41) is 5.06. The maximum Gasteiger partial charge on any atom is 0.247 e. The van der Waals surface area contributed by atoms with Gasteiger partial charge < -0.3 is 0 Å². The second kappa shape index (κ2) is 4.77. The topological polar surface area (TPSA) is 97.5 Å². The molecule has 1 unspecified atom stereocenters. The second-order valence-electron chi connectivity index (χ2n) is 4.95. The third-order valence-electron chi connectivity index (χ3n) is 3.80. The van der Waals surface area contributed by atoms with Gasteiger partial charge in [0.1, 0.15) is 13.3 Å². The molecular weight excluding hydrogens is 320 g/mol. The monoisotopic (exact) mass is 338 g/mol. The molecule has 0 radical (unpaired) electrons. The number of sulfonamides is 1. The highest BCUT2D eigenvalue weighted by Gasteiger charge is 2.52. The highest BCUT2D eigenvalue weighted by molar-refractivity contribution is 7.96. The lowest BCUT2D eigenvalue weighted by Crippen LogP contribution is -2.50. The summed E-state index contributed by atoms with van der Waals surface area (Å²) in [6.45, 7) is 6.74. The third kappa shape index (κ3) is 2.12. The fraction of sp³-hybridized carbons (Fsp3) is 0.636. The van der Waals surface area contributed by atoms with Crippen molar-refractivity contribution >= 4 is 31.2 Å². The van der Waals surface area contributed by atoms with Gasteiger partial charge in [0, 0.05) is 6.42 Å². The van der Waals surface area contributed by atoms with E-state index in [-0.39, 0.29) is 8.42 Å². The Morgan fingerprint density at radius 1 is 1.40 bits per heavy atom. The summed E-state index contributed by atoms with van der Waals surface area (Å²) in [5.74, 6) is 0. The maximum absolute atomic E-state index is 12.7. The number of sulfone groups is 1. The van der Waals surface area contributed by atoms with Crippen molar-refractivity contribution in [2.45, 2.75) is 40.5 Å². The largest absolute Gasteiger partial charge is 0.285 e. The van der Waals surface area contributed by atoms with E-state index in [1.165, 1.54) is 6.07 Å². The number of hydrogen-bond acceptors (Lipinski definition) is 6. The number of likely N-dealkylation sites (N-methyl/N-ethyl adjacent to an activating group) is 1. The van der Waals surface area contributed by atoms with E-state index in [2.05, 4.69) is 0 Å². The van der Waals surface area contributed by atoms with Gasteiger partial charge in [0.2, 0.25) is 19.9 Å². The van der Waals surface area contributed by atoms with E-state index < -0.39 is 24.7 Å². The summed E-state index contributed by atoms with van der Waals surface area (Å²) in [6.07, 6.45) is 0.290. The zero-order valence-corrected chi connectivity index (χ0v) is 14.0. The average Bonchev–Trinajstić information content (AvgIpc) is 2.80. The Labute approximate surface area is 123 Å². The molecule has 0 fully saturated rings. The molecule has 1 aromatic rings. The van der Waals surface area contributed by atoms with Crippen LogP contribution in [0.3, 0.4) is 0 Å². The number of hydrogen-bond donors (Lipinski definition) is 1. The van der Waals surface area contributed by atoms with Crippen LogP contribution >= 0.6 is 11.3 Å². The van der Waals surface area contributed by atoms with Gasteiger partial charge in [-0.05, 0) is 31.6 Å². The van der Waals surface area contributed by atoms with Crippen LogP contribution in [0.1, 0.15) is 26.3 Å². The van der Waals surface area contributed by atoms with E-state index in [4.69, 9.17) is 5.14 Å². The van der Waals surface area contributed by atoms with Gasteiger partial charge in [-0.2, -0.15) is 0 Å². The average molecular weight is 338 g/mol. The summed E-state index contributed by atoms with van der Waals surface area (Å²) in [5.41, 5.74) is 0.549. The maximum atomic E-state index is 12.7. The van der Waals surface area contributed by atoms with E-state index in [9.17, 15) is 16.8 Å². The molecule has 6 nitrogen and oxygen atoms in total. The van der Waals surface area contributed by atoms with E-state index in [1.54, 1.807) is 6.92 Å². The molecule has 114 valence electrons. The van der Waals surface area contributed by atoms with Crippen molar-refractivity contribution in [3.8, 4) is 0 Å². The number of thiophene rings is 1. The zero-order valence-electron chi connectivity index (χ0n) is 11.6.